The van der Waals surface area contributed by atoms with Gasteiger partial charge in [0.05, 0.1) is 12.7 Å². The molecule has 2 amide bonds. The Morgan fingerprint density at radius 1 is 1.58 bits per heavy atom. The van der Waals surface area contributed by atoms with Crippen LogP contribution in [0.2, 0.25) is 0 Å². The van der Waals surface area contributed by atoms with E-state index in [0.29, 0.717) is 24.8 Å². The highest BCUT2D eigenvalue weighted by atomic mass is 35.5. The number of hydrogen-bond acceptors (Lipinski definition) is 4. The second-order valence-corrected chi connectivity index (χ2v) is 4.67. The number of rotatable bonds is 4. The van der Waals surface area contributed by atoms with Gasteiger partial charge in [0.15, 0.2) is 0 Å². The maximum atomic E-state index is 11.8. The maximum absolute atomic E-state index is 11.8. The van der Waals surface area contributed by atoms with Crippen LogP contribution in [0.4, 0.5) is 4.79 Å². The molecule has 2 rings (SSSR count). The summed E-state index contributed by atoms with van der Waals surface area (Å²) in [5, 5.41) is 2.76. The molecule has 1 unspecified atom stereocenters. The van der Waals surface area contributed by atoms with Crippen LogP contribution in [-0.4, -0.2) is 52.5 Å². The van der Waals surface area contributed by atoms with Crippen molar-refractivity contribution >= 4 is 17.6 Å². The van der Waals surface area contributed by atoms with Gasteiger partial charge in [-0.15, -0.1) is 11.6 Å². The van der Waals surface area contributed by atoms with Crippen molar-refractivity contribution in [3.8, 4) is 5.88 Å². The Labute approximate surface area is 117 Å². The molecule has 1 atom stereocenters. The number of hydrogen-bond donors (Lipinski definition) is 1. The van der Waals surface area contributed by atoms with E-state index < -0.39 is 0 Å². The van der Waals surface area contributed by atoms with Crippen molar-refractivity contribution in [3.63, 3.8) is 0 Å². The van der Waals surface area contributed by atoms with Crippen LogP contribution >= 0.6 is 11.6 Å². The van der Waals surface area contributed by atoms with Gasteiger partial charge in [0.25, 0.3) is 0 Å². The average Bonchev–Trinajstić information content (AvgIpc) is 2.46. The molecule has 6 nitrogen and oxygen atoms in total. The molecule has 0 aromatic carbocycles. The number of urea groups is 1. The number of nitrogens with one attached hydrogen (secondary N) is 1. The number of carbonyl (C=O) groups excluding carboxylic acids is 1. The lowest BCUT2D eigenvalue weighted by atomic mass is 10.1. The first-order valence-corrected chi connectivity index (χ1v) is 6.84. The largest absolute Gasteiger partial charge is 0.471 e. The molecule has 1 N–H and O–H groups in total. The normalized spacial score (nSPS) is 19.0. The molecule has 0 saturated carbocycles. The summed E-state index contributed by atoms with van der Waals surface area (Å²) in [6.07, 6.45) is 6.55. The number of alkyl halides is 1. The molecule has 104 valence electrons. The van der Waals surface area contributed by atoms with Crippen LogP contribution in [0, 0.1) is 0 Å². The predicted octanol–water partition coefficient (Wildman–Crippen LogP) is 1.27. The quantitative estimate of drug-likeness (QED) is 0.846. The Balaban J connectivity index is 1.85. The Morgan fingerprint density at radius 2 is 2.47 bits per heavy atom. The predicted molar refractivity (Wildman–Crippen MR) is 71.4 cm³/mol. The lowest BCUT2D eigenvalue weighted by Crippen LogP contribution is -2.48. The summed E-state index contributed by atoms with van der Waals surface area (Å²) in [6, 6.07) is -0.0897. The van der Waals surface area contributed by atoms with Crippen molar-refractivity contribution in [2.75, 3.05) is 25.5 Å². The number of nitrogens with zero attached hydrogens (tertiary/aromatic N) is 3. The zero-order valence-electron chi connectivity index (χ0n) is 10.6. The molecular weight excluding hydrogens is 268 g/mol. The third kappa shape index (κ3) is 4.24. The summed E-state index contributed by atoms with van der Waals surface area (Å²) in [4.78, 5) is 21.6. The third-order valence-electron chi connectivity index (χ3n) is 2.86. The van der Waals surface area contributed by atoms with Gasteiger partial charge >= 0.3 is 6.03 Å². The molecule has 1 aliphatic heterocycles. The standard InChI is InChI=1S/C12H17ClN4O2/c13-3-4-16-12(18)17-7-1-2-10(9-17)19-11-8-14-5-6-15-11/h5-6,8,10H,1-4,7,9H2,(H,16,18). The van der Waals surface area contributed by atoms with Gasteiger partial charge in [-0.1, -0.05) is 0 Å². The van der Waals surface area contributed by atoms with E-state index in [2.05, 4.69) is 15.3 Å². The summed E-state index contributed by atoms with van der Waals surface area (Å²) in [5.41, 5.74) is 0. The topological polar surface area (TPSA) is 67.4 Å². The monoisotopic (exact) mass is 284 g/mol. The highest BCUT2D eigenvalue weighted by Crippen LogP contribution is 2.15. The van der Waals surface area contributed by atoms with E-state index in [1.54, 1.807) is 23.5 Å². The molecule has 1 aromatic rings. The lowest BCUT2D eigenvalue weighted by Gasteiger charge is -2.32. The van der Waals surface area contributed by atoms with Crippen LogP contribution < -0.4 is 10.1 Å². The summed E-state index contributed by atoms with van der Waals surface area (Å²) < 4.78 is 5.72. The van der Waals surface area contributed by atoms with Gasteiger partial charge in [-0.05, 0) is 12.8 Å². The fraction of sp³-hybridized carbons (Fsp3) is 0.583. The molecule has 0 bridgehead atoms. The summed E-state index contributed by atoms with van der Waals surface area (Å²) in [6.45, 7) is 1.78. The number of amides is 2. The van der Waals surface area contributed by atoms with Crippen molar-refractivity contribution in [2.24, 2.45) is 0 Å². The van der Waals surface area contributed by atoms with E-state index >= 15 is 0 Å². The molecule has 19 heavy (non-hydrogen) atoms. The minimum atomic E-state index is -0.0897. The van der Waals surface area contributed by atoms with E-state index in [1.807, 2.05) is 0 Å². The first-order chi connectivity index (χ1) is 9.29. The summed E-state index contributed by atoms with van der Waals surface area (Å²) >= 11 is 5.55. The van der Waals surface area contributed by atoms with E-state index in [-0.39, 0.29) is 12.1 Å². The van der Waals surface area contributed by atoms with Gasteiger partial charge in [-0.3, -0.25) is 4.98 Å². The van der Waals surface area contributed by atoms with Crippen LogP contribution in [-0.2, 0) is 0 Å². The van der Waals surface area contributed by atoms with Crippen molar-refractivity contribution in [1.29, 1.82) is 0 Å². The van der Waals surface area contributed by atoms with Gasteiger partial charge < -0.3 is 15.0 Å². The lowest BCUT2D eigenvalue weighted by molar-refractivity contribution is 0.0977. The molecule has 0 aliphatic carbocycles. The highest BCUT2D eigenvalue weighted by molar-refractivity contribution is 6.18. The fourth-order valence-electron chi connectivity index (χ4n) is 2.00. The molecule has 2 heterocycles. The van der Waals surface area contributed by atoms with Gasteiger partial charge in [0, 0.05) is 31.4 Å². The van der Waals surface area contributed by atoms with Crippen molar-refractivity contribution in [2.45, 2.75) is 18.9 Å². The fourth-order valence-corrected chi connectivity index (χ4v) is 2.10. The zero-order valence-corrected chi connectivity index (χ0v) is 11.3. The average molecular weight is 285 g/mol. The number of carbonyl (C=O) groups is 1. The first kappa shape index (κ1) is 13.9. The van der Waals surface area contributed by atoms with Gasteiger partial charge in [0.2, 0.25) is 5.88 Å². The molecular formula is C12H17ClN4O2. The molecule has 7 heteroatoms. The van der Waals surface area contributed by atoms with Gasteiger partial charge in [-0.2, -0.15) is 0 Å². The van der Waals surface area contributed by atoms with Crippen molar-refractivity contribution in [1.82, 2.24) is 20.2 Å². The summed E-state index contributed by atoms with van der Waals surface area (Å²) in [7, 11) is 0. The second kappa shape index (κ2) is 7.13. The molecule has 1 aromatic heterocycles. The Hall–Kier alpha value is -1.56. The maximum Gasteiger partial charge on any atom is 0.317 e. The van der Waals surface area contributed by atoms with Crippen LogP contribution in [0.5, 0.6) is 5.88 Å². The molecule has 0 radical (unpaired) electrons. The Kier molecular flexibility index (Phi) is 5.20. The molecule has 0 spiro atoms. The third-order valence-corrected chi connectivity index (χ3v) is 3.05. The van der Waals surface area contributed by atoms with Gasteiger partial charge in [-0.25, -0.2) is 9.78 Å². The number of likely N-dealkylation sites (tertiary alicyclic amines) is 1. The Bertz CT molecular complexity index is 404. The SMILES string of the molecule is O=C(NCCCl)N1CCCC(Oc2cnccn2)C1. The van der Waals surface area contributed by atoms with E-state index in [0.717, 1.165) is 19.4 Å². The van der Waals surface area contributed by atoms with E-state index in [1.165, 1.54) is 0 Å². The second-order valence-electron chi connectivity index (χ2n) is 4.29. The molecule has 1 aliphatic rings. The molecule has 1 saturated heterocycles. The smallest absolute Gasteiger partial charge is 0.317 e. The van der Waals surface area contributed by atoms with Gasteiger partial charge in [0.1, 0.15) is 6.10 Å². The number of aromatic nitrogens is 2. The minimum absolute atomic E-state index is 0.0350. The van der Waals surface area contributed by atoms with Crippen molar-refractivity contribution < 1.29 is 9.53 Å². The van der Waals surface area contributed by atoms with Crippen LogP contribution in [0.25, 0.3) is 0 Å². The van der Waals surface area contributed by atoms with Crippen LogP contribution in [0.3, 0.4) is 0 Å². The zero-order chi connectivity index (χ0) is 13.5. The minimum Gasteiger partial charge on any atom is -0.471 e. The number of halogens is 1. The molecule has 1 fully saturated rings. The first-order valence-electron chi connectivity index (χ1n) is 6.31. The highest BCUT2D eigenvalue weighted by Gasteiger charge is 2.24. The van der Waals surface area contributed by atoms with E-state index in [9.17, 15) is 4.79 Å². The summed E-state index contributed by atoms with van der Waals surface area (Å²) in [5.74, 6) is 0.912. The van der Waals surface area contributed by atoms with E-state index in [4.69, 9.17) is 16.3 Å². The van der Waals surface area contributed by atoms with Crippen LogP contribution in [0.1, 0.15) is 12.8 Å². The number of piperidine rings is 1. The Morgan fingerprint density at radius 3 is 3.21 bits per heavy atom. The van der Waals surface area contributed by atoms with Crippen LogP contribution in [0.15, 0.2) is 18.6 Å². The van der Waals surface area contributed by atoms with Crippen molar-refractivity contribution in [3.05, 3.63) is 18.6 Å². The number of ether oxygens (including phenoxy) is 1.